The molecule has 0 aliphatic carbocycles. The summed E-state index contributed by atoms with van der Waals surface area (Å²) >= 11 is 0. The van der Waals surface area contributed by atoms with Gasteiger partial charge in [-0.2, -0.15) is 0 Å². The van der Waals surface area contributed by atoms with E-state index in [2.05, 4.69) is 4.98 Å². The van der Waals surface area contributed by atoms with Crippen LogP contribution < -0.4 is 4.74 Å². The van der Waals surface area contributed by atoms with Crippen LogP contribution in [0.3, 0.4) is 0 Å². The van der Waals surface area contributed by atoms with E-state index in [4.69, 9.17) is 4.74 Å². The number of aromatic nitrogens is 1. The molecule has 0 unspecified atom stereocenters. The Labute approximate surface area is 130 Å². The van der Waals surface area contributed by atoms with Crippen LogP contribution in [0.25, 0.3) is 0 Å². The highest BCUT2D eigenvalue weighted by Crippen LogP contribution is 2.17. The van der Waals surface area contributed by atoms with Crippen molar-refractivity contribution in [1.82, 2.24) is 9.88 Å². The molecule has 0 bridgehead atoms. The quantitative estimate of drug-likeness (QED) is 0.871. The Kier molecular flexibility index (Phi) is 4.68. The zero-order chi connectivity index (χ0) is 15.2. The molecule has 0 spiro atoms. The molecule has 4 heteroatoms. The minimum Gasteiger partial charge on any atom is -0.474 e. The van der Waals surface area contributed by atoms with Gasteiger partial charge in [0, 0.05) is 38.2 Å². The molecular formula is C18H20N2O2. The fourth-order valence-corrected chi connectivity index (χ4v) is 2.69. The number of piperidine rings is 1. The number of nitrogens with zero attached hydrogens (tertiary/aromatic N) is 2. The van der Waals surface area contributed by atoms with Crippen LogP contribution in [0.5, 0.6) is 5.88 Å². The second-order valence-electron chi connectivity index (χ2n) is 5.53. The first-order chi connectivity index (χ1) is 10.8. The fraction of sp³-hybridized carbons (Fsp3) is 0.333. The van der Waals surface area contributed by atoms with Crippen LogP contribution in [0.15, 0.2) is 54.7 Å². The van der Waals surface area contributed by atoms with E-state index in [1.807, 2.05) is 53.4 Å². The summed E-state index contributed by atoms with van der Waals surface area (Å²) in [6.07, 6.45) is 4.07. The van der Waals surface area contributed by atoms with Gasteiger partial charge in [-0.3, -0.25) is 4.79 Å². The third-order valence-corrected chi connectivity index (χ3v) is 3.92. The minimum absolute atomic E-state index is 0.149. The van der Waals surface area contributed by atoms with E-state index in [-0.39, 0.29) is 12.0 Å². The van der Waals surface area contributed by atoms with Crippen molar-refractivity contribution < 1.29 is 9.53 Å². The van der Waals surface area contributed by atoms with Crippen molar-refractivity contribution in [2.45, 2.75) is 25.4 Å². The van der Waals surface area contributed by atoms with Crippen LogP contribution in [0.4, 0.5) is 0 Å². The van der Waals surface area contributed by atoms with Crippen LogP contribution in [-0.2, 0) is 11.2 Å². The largest absolute Gasteiger partial charge is 0.474 e. The Morgan fingerprint density at radius 2 is 1.82 bits per heavy atom. The second-order valence-corrected chi connectivity index (χ2v) is 5.53. The van der Waals surface area contributed by atoms with Gasteiger partial charge in [-0.05, 0) is 11.6 Å². The van der Waals surface area contributed by atoms with Crippen molar-refractivity contribution in [2.75, 3.05) is 13.1 Å². The predicted molar refractivity (Wildman–Crippen MR) is 84.6 cm³/mol. The first-order valence-electron chi connectivity index (χ1n) is 7.70. The lowest BCUT2D eigenvalue weighted by molar-refractivity contribution is -0.132. The molecule has 0 atom stereocenters. The molecule has 2 heterocycles. The van der Waals surface area contributed by atoms with Gasteiger partial charge < -0.3 is 9.64 Å². The predicted octanol–water partition coefficient (Wildman–Crippen LogP) is 2.69. The van der Waals surface area contributed by atoms with Gasteiger partial charge >= 0.3 is 0 Å². The maximum Gasteiger partial charge on any atom is 0.226 e. The monoisotopic (exact) mass is 296 g/mol. The summed E-state index contributed by atoms with van der Waals surface area (Å²) in [4.78, 5) is 18.4. The van der Waals surface area contributed by atoms with E-state index in [0.29, 0.717) is 12.3 Å². The molecule has 1 aromatic heterocycles. The molecule has 1 aliphatic heterocycles. The molecule has 0 radical (unpaired) electrons. The molecule has 1 aliphatic rings. The average molecular weight is 296 g/mol. The Morgan fingerprint density at radius 1 is 1.09 bits per heavy atom. The number of benzene rings is 1. The van der Waals surface area contributed by atoms with Gasteiger partial charge in [-0.1, -0.05) is 36.4 Å². The molecule has 22 heavy (non-hydrogen) atoms. The SMILES string of the molecule is O=C(Cc1ccccc1)N1CCC(Oc2ccccn2)CC1. The van der Waals surface area contributed by atoms with Gasteiger partial charge in [0.05, 0.1) is 6.42 Å². The molecule has 1 fully saturated rings. The first-order valence-corrected chi connectivity index (χ1v) is 7.70. The third-order valence-electron chi connectivity index (χ3n) is 3.92. The highest BCUT2D eigenvalue weighted by molar-refractivity contribution is 5.78. The first kappa shape index (κ1) is 14.6. The molecule has 1 amide bonds. The smallest absolute Gasteiger partial charge is 0.226 e. The van der Waals surface area contributed by atoms with Crippen molar-refractivity contribution in [3.8, 4) is 5.88 Å². The summed E-state index contributed by atoms with van der Waals surface area (Å²) in [5, 5.41) is 0. The van der Waals surface area contributed by atoms with E-state index in [0.717, 1.165) is 31.5 Å². The summed E-state index contributed by atoms with van der Waals surface area (Å²) in [5.41, 5.74) is 1.07. The van der Waals surface area contributed by atoms with Gasteiger partial charge in [0.25, 0.3) is 0 Å². The molecule has 1 saturated heterocycles. The van der Waals surface area contributed by atoms with E-state index >= 15 is 0 Å². The van der Waals surface area contributed by atoms with Crippen molar-refractivity contribution >= 4 is 5.91 Å². The zero-order valence-electron chi connectivity index (χ0n) is 12.5. The highest BCUT2D eigenvalue weighted by Gasteiger charge is 2.24. The van der Waals surface area contributed by atoms with Crippen molar-refractivity contribution in [3.63, 3.8) is 0 Å². The third kappa shape index (κ3) is 3.85. The van der Waals surface area contributed by atoms with Crippen LogP contribution in [-0.4, -0.2) is 35.0 Å². The lowest BCUT2D eigenvalue weighted by atomic mass is 10.1. The van der Waals surface area contributed by atoms with Gasteiger partial charge in [0.1, 0.15) is 6.10 Å². The maximum absolute atomic E-state index is 12.3. The topological polar surface area (TPSA) is 42.4 Å². The van der Waals surface area contributed by atoms with E-state index < -0.39 is 0 Å². The molecule has 4 nitrogen and oxygen atoms in total. The number of amides is 1. The standard InChI is InChI=1S/C18H20N2O2/c21-18(14-15-6-2-1-3-7-15)20-12-9-16(10-13-20)22-17-8-4-5-11-19-17/h1-8,11,16H,9-10,12-14H2. The summed E-state index contributed by atoms with van der Waals surface area (Å²) in [6, 6.07) is 15.6. The molecule has 1 aromatic carbocycles. The molecular weight excluding hydrogens is 276 g/mol. The van der Waals surface area contributed by atoms with Gasteiger partial charge in [0.2, 0.25) is 11.8 Å². The fourth-order valence-electron chi connectivity index (χ4n) is 2.69. The zero-order valence-corrected chi connectivity index (χ0v) is 12.5. The van der Waals surface area contributed by atoms with Crippen molar-refractivity contribution in [1.29, 1.82) is 0 Å². The Hall–Kier alpha value is -2.36. The minimum atomic E-state index is 0.149. The summed E-state index contributed by atoms with van der Waals surface area (Å²) in [7, 11) is 0. The molecule has 3 rings (SSSR count). The van der Waals surface area contributed by atoms with Gasteiger partial charge in [0.15, 0.2) is 0 Å². The summed E-state index contributed by atoms with van der Waals surface area (Å²) in [5.74, 6) is 0.860. The highest BCUT2D eigenvalue weighted by atomic mass is 16.5. The second kappa shape index (κ2) is 7.07. The Balaban J connectivity index is 1.48. The van der Waals surface area contributed by atoms with Gasteiger partial charge in [-0.15, -0.1) is 0 Å². The normalized spacial score (nSPS) is 15.5. The van der Waals surface area contributed by atoms with E-state index in [9.17, 15) is 4.79 Å². The summed E-state index contributed by atoms with van der Waals surface area (Å²) < 4.78 is 5.85. The number of pyridine rings is 1. The number of hydrogen-bond donors (Lipinski definition) is 0. The maximum atomic E-state index is 12.3. The number of likely N-dealkylation sites (tertiary alicyclic amines) is 1. The molecule has 0 saturated carbocycles. The number of carbonyl (C=O) groups is 1. The van der Waals surface area contributed by atoms with Crippen LogP contribution >= 0.6 is 0 Å². The van der Waals surface area contributed by atoms with E-state index in [1.54, 1.807) is 6.20 Å². The molecule has 0 N–H and O–H groups in total. The summed E-state index contributed by atoms with van der Waals surface area (Å²) in [6.45, 7) is 1.51. The van der Waals surface area contributed by atoms with Crippen molar-refractivity contribution in [2.24, 2.45) is 0 Å². The number of rotatable bonds is 4. The van der Waals surface area contributed by atoms with Crippen LogP contribution in [0.2, 0.25) is 0 Å². The Bertz CT molecular complexity index is 593. The van der Waals surface area contributed by atoms with Gasteiger partial charge in [-0.25, -0.2) is 4.98 Å². The van der Waals surface area contributed by atoms with Crippen molar-refractivity contribution in [3.05, 3.63) is 60.3 Å². The Morgan fingerprint density at radius 3 is 2.50 bits per heavy atom. The molecule has 114 valence electrons. The average Bonchev–Trinajstić information content (AvgIpc) is 2.57. The number of carbonyl (C=O) groups excluding carboxylic acids is 1. The molecule has 2 aromatic rings. The van der Waals surface area contributed by atoms with Crippen LogP contribution in [0, 0.1) is 0 Å². The van der Waals surface area contributed by atoms with E-state index in [1.165, 1.54) is 0 Å². The lowest BCUT2D eigenvalue weighted by Crippen LogP contribution is -2.42. The number of ether oxygens (including phenoxy) is 1. The van der Waals surface area contributed by atoms with Crippen LogP contribution in [0.1, 0.15) is 18.4 Å². The lowest BCUT2D eigenvalue weighted by Gasteiger charge is -2.32. The number of hydrogen-bond acceptors (Lipinski definition) is 3.